The van der Waals surface area contributed by atoms with Gasteiger partial charge in [0.25, 0.3) is 0 Å². The summed E-state index contributed by atoms with van der Waals surface area (Å²) in [6.45, 7) is 17.5. The zero-order chi connectivity index (χ0) is 13.2. The van der Waals surface area contributed by atoms with Gasteiger partial charge < -0.3 is 0 Å². The summed E-state index contributed by atoms with van der Waals surface area (Å²) in [6, 6.07) is 0. The molecule has 0 heteroatoms. The molecule has 0 nitrogen and oxygen atoms in total. The fraction of sp³-hybridized carbons (Fsp3) is 1.00. The van der Waals surface area contributed by atoms with E-state index in [-0.39, 0.29) is 0 Å². The number of hydrogen-bond acceptors (Lipinski definition) is 0. The molecule has 0 aromatic carbocycles. The van der Waals surface area contributed by atoms with E-state index in [4.69, 9.17) is 0 Å². The molecular weight excluding hydrogens is 192 g/mol. The zero-order valence-corrected chi connectivity index (χ0v) is 13.2. The predicted molar refractivity (Wildman–Crippen MR) is 77.9 cm³/mol. The van der Waals surface area contributed by atoms with Gasteiger partial charge in [-0.15, -0.1) is 0 Å². The molecule has 0 radical (unpaired) electrons. The van der Waals surface area contributed by atoms with Gasteiger partial charge in [0.2, 0.25) is 0 Å². The molecule has 1 unspecified atom stereocenters. The Hall–Kier alpha value is 0. The Kier molecular flexibility index (Phi) is 11.7. The topological polar surface area (TPSA) is 0 Å². The lowest BCUT2D eigenvalue weighted by Gasteiger charge is -2.16. The Morgan fingerprint density at radius 3 is 1.50 bits per heavy atom. The van der Waals surface area contributed by atoms with Crippen LogP contribution in [-0.4, -0.2) is 0 Å². The third-order valence-electron chi connectivity index (χ3n) is 3.19. The van der Waals surface area contributed by atoms with E-state index in [9.17, 15) is 0 Å². The fourth-order valence-electron chi connectivity index (χ4n) is 1.76. The van der Waals surface area contributed by atoms with Gasteiger partial charge in [0, 0.05) is 0 Å². The average molecular weight is 228 g/mol. The van der Waals surface area contributed by atoms with Gasteiger partial charge in [0.15, 0.2) is 0 Å². The van der Waals surface area contributed by atoms with Gasteiger partial charge in [-0.05, 0) is 36.5 Å². The number of rotatable bonds is 4. The summed E-state index contributed by atoms with van der Waals surface area (Å²) in [4.78, 5) is 0. The highest BCUT2D eigenvalue weighted by Gasteiger charge is 2.40. The highest BCUT2D eigenvalue weighted by molar-refractivity contribution is 4.92. The lowest BCUT2D eigenvalue weighted by atomic mass is 9.90. The van der Waals surface area contributed by atoms with E-state index in [1.54, 1.807) is 0 Å². The molecule has 1 atom stereocenters. The summed E-state index contributed by atoms with van der Waals surface area (Å²) in [5, 5.41) is 0. The minimum atomic E-state index is 0.815. The number of hydrogen-bond donors (Lipinski definition) is 0. The van der Waals surface area contributed by atoms with E-state index in [0.717, 1.165) is 17.3 Å². The molecular formula is C16H36. The van der Waals surface area contributed by atoms with Gasteiger partial charge >= 0.3 is 0 Å². The molecule has 0 amide bonds. The van der Waals surface area contributed by atoms with Crippen LogP contribution in [0.3, 0.4) is 0 Å². The lowest BCUT2D eigenvalue weighted by Crippen LogP contribution is -2.04. The van der Waals surface area contributed by atoms with Crippen molar-refractivity contribution in [2.45, 2.75) is 87.5 Å². The van der Waals surface area contributed by atoms with Crippen LogP contribution in [0.4, 0.5) is 0 Å². The molecule has 0 aliphatic heterocycles. The van der Waals surface area contributed by atoms with Crippen LogP contribution in [0, 0.1) is 17.3 Å². The first-order valence-electron chi connectivity index (χ1n) is 7.45. The second-order valence-electron chi connectivity index (χ2n) is 5.80. The van der Waals surface area contributed by atoms with Gasteiger partial charge in [-0.3, -0.25) is 0 Å². The average Bonchev–Trinajstić information content (AvgIpc) is 3.00. The normalized spacial score (nSPS) is 17.8. The standard InChI is InChI=1S/C10H20.C4H10.C2H6/c1-4-9(3)8-10(5-2)6-7-10;1-4(2)3;1-2/h9H,4-8H2,1-3H3;4H,1-3H3;1-2H3. The summed E-state index contributed by atoms with van der Waals surface area (Å²) in [7, 11) is 0. The Morgan fingerprint density at radius 1 is 0.938 bits per heavy atom. The second-order valence-corrected chi connectivity index (χ2v) is 5.80. The molecule has 1 saturated carbocycles. The van der Waals surface area contributed by atoms with E-state index in [2.05, 4.69) is 41.5 Å². The first-order valence-corrected chi connectivity index (χ1v) is 7.45. The smallest absolute Gasteiger partial charge is 0.0297 e. The monoisotopic (exact) mass is 228 g/mol. The Labute approximate surface area is 105 Å². The highest BCUT2D eigenvalue weighted by Crippen LogP contribution is 2.53. The maximum absolute atomic E-state index is 2.38. The molecule has 1 rings (SSSR count). The molecule has 1 aliphatic carbocycles. The van der Waals surface area contributed by atoms with Crippen molar-refractivity contribution in [3.05, 3.63) is 0 Å². The van der Waals surface area contributed by atoms with Crippen molar-refractivity contribution in [2.75, 3.05) is 0 Å². The molecule has 0 saturated heterocycles. The van der Waals surface area contributed by atoms with Crippen LogP contribution < -0.4 is 0 Å². The molecule has 1 aliphatic rings. The summed E-state index contributed by atoms with van der Waals surface area (Å²) in [5.41, 5.74) is 0.815. The summed E-state index contributed by atoms with van der Waals surface area (Å²) in [5.74, 6) is 1.79. The molecule has 0 N–H and O–H groups in total. The molecule has 1 fully saturated rings. The van der Waals surface area contributed by atoms with Crippen molar-refractivity contribution >= 4 is 0 Å². The molecule has 0 spiro atoms. The SMILES string of the molecule is CC.CC(C)C.CCC(C)CC1(CC)CC1. The van der Waals surface area contributed by atoms with Crippen LogP contribution in [-0.2, 0) is 0 Å². The first kappa shape index (κ1) is 18.4. The molecule has 0 heterocycles. The third-order valence-corrected chi connectivity index (χ3v) is 3.19. The highest BCUT2D eigenvalue weighted by atomic mass is 14.5. The molecule has 0 aromatic rings. The molecule has 100 valence electrons. The minimum Gasteiger partial charge on any atom is -0.0683 e. The molecule has 0 bridgehead atoms. The molecule has 16 heavy (non-hydrogen) atoms. The van der Waals surface area contributed by atoms with E-state index < -0.39 is 0 Å². The van der Waals surface area contributed by atoms with Crippen molar-refractivity contribution < 1.29 is 0 Å². The lowest BCUT2D eigenvalue weighted by molar-refractivity contribution is 0.354. The van der Waals surface area contributed by atoms with Crippen LogP contribution in [0.5, 0.6) is 0 Å². The van der Waals surface area contributed by atoms with Gasteiger partial charge in [-0.2, -0.15) is 0 Å². The Bertz CT molecular complexity index is 128. The fourth-order valence-corrected chi connectivity index (χ4v) is 1.76. The largest absolute Gasteiger partial charge is 0.0683 e. The van der Waals surface area contributed by atoms with Crippen molar-refractivity contribution in [2.24, 2.45) is 17.3 Å². The van der Waals surface area contributed by atoms with Gasteiger partial charge in [-0.1, -0.05) is 68.2 Å². The minimum absolute atomic E-state index is 0.815. The first-order chi connectivity index (χ1) is 7.45. The van der Waals surface area contributed by atoms with Gasteiger partial charge in [-0.25, -0.2) is 0 Å². The third kappa shape index (κ3) is 10.5. The zero-order valence-electron chi connectivity index (χ0n) is 13.2. The van der Waals surface area contributed by atoms with Crippen molar-refractivity contribution in [3.8, 4) is 0 Å². The van der Waals surface area contributed by atoms with E-state index in [1.165, 1.54) is 32.1 Å². The maximum atomic E-state index is 2.38. The van der Waals surface area contributed by atoms with E-state index >= 15 is 0 Å². The summed E-state index contributed by atoms with van der Waals surface area (Å²) >= 11 is 0. The Balaban J connectivity index is 0. The second kappa shape index (κ2) is 10.2. The van der Waals surface area contributed by atoms with Crippen LogP contribution in [0.25, 0.3) is 0 Å². The Morgan fingerprint density at radius 2 is 1.31 bits per heavy atom. The molecule has 0 aromatic heterocycles. The van der Waals surface area contributed by atoms with Crippen molar-refractivity contribution in [3.63, 3.8) is 0 Å². The van der Waals surface area contributed by atoms with Crippen LogP contribution in [0.2, 0.25) is 0 Å². The van der Waals surface area contributed by atoms with Crippen LogP contribution in [0.1, 0.15) is 87.5 Å². The van der Waals surface area contributed by atoms with Gasteiger partial charge in [0.1, 0.15) is 0 Å². The van der Waals surface area contributed by atoms with Crippen molar-refractivity contribution in [1.82, 2.24) is 0 Å². The van der Waals surface area contributed by atoms with E-state index in [1.807, 2.05) is 13.8 Å². The summed E-state index contributed by atoms with van der Waals surface area (Å²) in [6.07, 6.45) is 7.28. The van der Waals surface area contributed by atoms with Crippen molar-refractivity contribution in [1.29, 1.82) is 0 Å². The van der Waals surface area contributed by atoms with Crippen LogP contribution in [0.15, 0.2) is 0 Å². The predicted octanol–water partition coefficient (Wildman–Crippen LogP) is 6.30. The van der Waals surface area contributed by atoms with Gasteiger partial charge in [0.05, 0.1) is 0 Å². The van der Waals surface area contributed by atoms with E-state index in [0.29, 0.717) is 0 Å². The summed E-state index contributed by atoms with van der Waals surface area (Å²) < 4.78 is 0. The van der Waals surface area contributed by atoms with Crippen LogP contribution >= 0.6 is 0 Å². The maximum Gasteiger partial charge on any atom is -0.0297 e. The quantitative estimate of drug-likeness (QED) is 0.529.